The summed E-state index contributed by atoms with van der Waals surface area (Å²) in [6.45, 7) is 9.84. The molecule has 2 aromatic carbocycles. The van der Waals surface area contributed by atoms with E-state index in [1.807, 2.05) is 33.7 Å². The van der Waals surface area contributed by atoms with Crippen LogP contribution in [0, 0.1) is 17.2 Å². The highest BCUT2D eigenvalue weighted by Crippen LogP contribution is 2.27. The van der Waals surface area contributed by atoms with Crippen molar-refractivity contribution in [2.45, 2.75) is 39.4 Å². The number of imidazole rings is 1. The second-order valence-electron chi connectivity index (χ2n) is 9.48. The van der Waals surface area contributed by atoms with Gasteiger partial charge < -0.3 is 20.1 Å². The number of halogens is 2. The second-order valence-corrected chi connectivity index (χ2v) is 10.7. The topological polar surface area (TPSA) is 86.0 Å². The molecule has 0 unspecified atom stereocenters. The van der Waals surface area contributed by atoms with E-state index < -0.39 is 0 Å². The summed E-state index contributed by atoms with van der Waals surface area (Å²) in [6, 6.07) is 14.8. The SMILES string of the molecule is C=CCNC(=S)N(Cc1cccc(Cl)c1Cl)C[C@@H](NC(=O)Cc1cncn1Cc1ccc(C#N)cc1)C(C)C. The molecule has 0 spiro atoms. The minimum absolute atomic E-state index is 0.110. The van der Waals surface area contributed by atoms with Crippen LogP contribution in [0.2, 0.25) is 10.0 Å². The predicted octanol–water partition coefficient (Wildman–Crippen LogP) is 5.36. The number of hydrogen-bond acceptors (Lipinski definition) is 4. The highest BCUT2D eigenvalue weighted by Gasteiger charge is 2.23. The van der Waals surface area contributed by atoms with Crippen molar-refractivity contribution in [3.63, 3.8) is 0 Å². The number of amides is 1. The van der Waals surface area contributed by atoms with Crippen molar-refractivity contribution < 1.29 is 4.79 Å². The fourth-order valence-corrected chi connectivity index (χ4v) is 4.57. The van der Waals surface area contributed by atoms with Crippen molar-refractivity contribution in [1.29, 1.82) is 5.26 Å². The van der Waals surface area contributed by atoms with Crippen molar-refractivity contribution in [3.8, 4) is 6.07 Å². The average Bonchev–Trinajstić information content (AvgIpc) is 3.35. The van der Waals surface area contributed by atoms with Gasteiger partial charge in [0.2, 0.25) is 5.91 Å². The molecule has 0 radical (unpaired) electrons. The molecule has 0 aliphatic rings. The Morgan fingerprint density at radius 3 is 2.67 bits per heavy atom. The third-order valence-electron chi connectivity index (χ3n) is 6.22. The number of benzene rings is 2. The molecule has 39 heavy (non-hydrogen) atoms. The summed E-state index contributed by atoms with van der Waals surface area (Å²) in [7, 11) is 0. The van der Waals surface area contributed by atoms with E-state index in [9.17, 15) is 4.79 Å². The van der Waals surface area contributed by atoms with E-state index in [2.05, 4.69) is 42.1 Å². The fourth-order valence-electron chi connectivity index (χ4n) is 3.97. The van der Waals surface area contributed by atoms with Gasteiger partial charge in [0, 0.05) is 44.1 Å². The standard InChI is InChI=1S/C29H32Cl2N6OS/c1-4-12-34-29(39)36(17-23-6-5-7-25(30)28(23)31)18-26(20(2)3)35-27(38)13-24-15-33-19-37(24)16-22-10-8-21(14-32)9-11-22/h4-11,15,19-20,26H,1,12-13,16-18H2,2-3H3,(H,34,39)(H,35,38)/t26-/m1/s1. The van der Waals surface area contributed by atoms with Gasteiger partial charge in [0.05, 0.1) is 34.4 Å². The summed E-state index contributed by atoms with van der Waals surface area (Å²) in [4.78, 5) is 19.4. The Morgan fingerprint density at radius 2 is 2.00 bits per heavy atom. The first-order valence-electron chi connectivity index (χ1n) is 12.6. The predicted molar refractivity (Wildman–Crippen MR) is 161 cm³/mol. The molecule has 0 aliphatic heterocycles. The second kappa shape index (κ2) is 14.7. The van der Waals surface area contributed by atoms with Crippen molar-refractivity contribution in [1.82, 2.24) is 25.1 Å². The van der Waals surface area contributed by atoms with Gasteiger partial charge in [-0.1, -0.05) is 67.4 Å². The van der Waals surface area contributed by atoms with E-state index in [-0.39, 0.29) is 24.3 Å². The number of nitrogens with zero attached hydrogens (tertiary/aromatic N) is 4. The lowest BCUT2D eigenvalue weighted by atomic mass is 10.0. The molecule has 2 N–H and O–H groups in total. The molecule has 1 atom stereocenters. The van der Waals surface area contributed by atoms with Crippen LogP contribution in [0.3, 0.4) is 0 Å². The Balaban J connectivity index is 1.71. The largest absolute Gasteiger partial charge is 0.359 e. The highest BCUT2D eigenvalue weighted by atomic mass is 35.5. The maximum Gasteiger partial charge on any atom is 0.226 e. The molecule has 1 aromatic heterocycles. The number of carbonyl (C=O) groups is 1. The molecule has 7 nitrogen and oxygen atoms in total. The van der Waals surface area contributed by atoms with Gasteiger partial charge in [-0.25, -0.2) is 4.98 Å². The molecule has 0 fully saturated rings. The molecule has 0 aliphatic carbocycles. The molecule has 0 bridgehead atoms. The van der Waals surface area contributed by atoms with Crippen LogP contribution >= 0.6 is 35.4 Å². The van der Waals surface area contributed by atoms with E-state index in [1.165, 1.54) is 0 Å². The average molecular weight is 584 g/mol. The number of carbonyl (C=O) groups excluding carboxylic acids is 1. The van der Waals surface area contributed by atoms with Gasteiger partial charge in [0.15, 0.2) is 5.11 Å². The summed E-state index contributed by atoms with van der Waals surface area (Å²) in [5.41, 5.74) is 3.26. The molecular weight excluding hydrogens is 551 g/mol. The summed E-state index contributed by atoms with van der Waals surface area (Å²) in [5.74, 6) is 0.0260. The van der Waals surface area contributed by atoms with Crippen LogP contribution < -0.4 is 10.6 Å². The van der Waals surface area contributed by atoms with Crippen LogP contribution in [0.4, 0.5) is 0 Å². The van der Waals surface area contributed by atoms with E-state index >= 15 is 0 Å². The van der Waals surface area contributed by atoms with Crippen molar-refractivity contribution >= 4 is 46.4 Å². The maximum absolute atomic E-state index is 13.2. The highest BCUT2D eigenvalue weighted by molar-refractivity contribution is 7.80. The molecule has 0 saturated heterocycles. The zero-order valence-electron chi connectivity index (χ0n) is 22.0. The first-order valence-corrected chi connectivity index (χ1v) is 13.7. The van der Waals surface area contributed by atoms with Crippen molar-refractivity contribution in [3.05, 3.63) is 100 Å². The molecule has 3 aromatic rings. The summed E-state index contributed by atoms with van der Waals surface area (Å²) in [6.07, 6.45) is 5.33. The fraction of sp³-hybridized carbons (Fsp3) is 0.310. The van der Waals surface area contributed by atoms with Gasteiger partial charge in [-0.05, 0) is 47.5 Å². The zero-order chi connectivity index (χ0) is 28.4. The Bertz CT molecular complexity index is 1330. The van der Waals surface area contributed by atoms with E-state index in [0.29, 0.717) is 46.9 Å². The number of thiocarbonyl (C=S) groups is 1. The summed E-state index contributed by atoms with van der Waals surface area (Å²) in [5, 5.41) is 16.9. The van der Waals surface area contributed by atoms with Crippen LogP contribution in [0.1, 0.15) is 36.2 Å². The van der Waals surface area contributed by atoms with Crippen LogP contribution in [-0.2, 0) is 24.3 Å². The number of hydrogen-bond donors (Lipinski definition) is 2. The Hall–Kier alpha value is -3.38. The van der Waals surface area contributed by atoms with Crippen molar-refractivity contribution in [2.24, 2.45) is 5.92 Å². The number of nitriles is 1. The van der Waals surface area contributed by atoms with Crippen LogP contribution in [-0.4, -0.2) is 44.6 Å². The molecule has 1 amide bonds. The third-order valence-corrected chi connectivity index (χ3v) is 7.48. The number of aromatic nitrogens is 2. The lowest BCUT2D eigenvalue weighted by Gasteiger charge is -2.32. The molecule has 1 heterocycles. The Morgan fingerprint density at radius 1 is 1.26 bits per heavy atom. The smallest absolute Gasteiger partial charge is 0.226 e. The monoisotopic (exact) mass is 582 g/mol. The summed E-state index contributed by atoms with van der Waals surface area (Å²) >= 11 is 18.4. The number of nitrogens with one attached hydrogen (secondary N) is 2. The van der Waals surface area contributed by atoms with Gasteiger partial charge in [0.25, 0.3) is 0 Å². The minimum Gasteiger partial charge on any atom is -0.359 e. The molecule has 10 heteroatoms. The zero-order valence-corrected chi connectivity index (χ0v) is 24.4. The van der Waals surface area contributed by atoms with Crippen molar-refractivity contribution in [2.75, 3.05) is 13.1 Å². The summed E-state index contributed by atoms with van der Waals surface area (Å²) < 4.78 is 1.94. The van der Waals surface area contributed by atoms with E-state index in [1.54, 1.807) is 36.8 Å². The molecule has 204 valence electrons. The quantitative estimate of drug-likeness (QED) is 0.221. The first-order chi connectivity index (χ1) is 18.7. The van der Waals surface area contributed by atoms with Crippen LogP contribution in [0.5, 0.6) is 0 Å². The van der Waals surface area contributed by atoms with Gasteiger partial charge in [-0.3, -0.25) is 4.79 Å². The Labute approximate surface area is 245 Å². The van der Waals surface area contributed by atoms with Crippen LogP contribution in [0.25, 0.3) is 0 Å². The maximum atomic E-state index is 13.2. The Kier molecular flexibility index (Phi) is 11.4. The van der Waals surface area contributed by atoms with E-state index in [0.717, 1.165) is 16.8 Å². The van der Waals surface area contributed by atoms with E-state index in [4.69, 9.17) is 40.7 Å². The molecule has 0 saturated carbocycles. The van der Waals surface area contributed by atoms with Crippen LogP contribution in [0.15, 0.2) is 67.6 Å². The normalized spacial score (nSPS) is 11.5. The van der Waals surface area contributed by atoms with Gasteiger partial charge in [-0.15, -0.1) is 6.58 Å². The van der Waals surface area contributed by atoms with Gasteiger partial charge >= 0.3 is 0 Å². The molecule has 3 rings (SSSR count). The lowest BCUT2D eigenvalue weighted by molar-refractivity contribution is -0.121. The van der Waals surface area contributed by atoms with Gasteiger partial charge in [-0.2, -0.15) is 5.26 Å². The first kappa shape index (κ1) is 30.2. The third kappa shape index (κ3) is 8.82. The lowest BCUT2D eigenvalue weighted by Crippen LogP contribution is -2.50. The minimum atomic E-state index is -0.186. The molecular formula is C29H32Cl2N6OS. The van der Waals surface area contributed by atoms with Gasteiger partial charge in [0.1, 0.15) is 0 Å². The number of rotatable bonds is 12.